The van der Waals surface area contributed by atoms with E-state index in [1.165, 1.54) is 12.7 Å². The molecule has 0 amide bonds. The van der Waals surface area contributed by atoms with Gasteiger partial charge in [0.2, 0.25) is 0 Å². The maximum atomic E-state index is 7.35. The van der Waals surface area contributed by atoms with E-state index in [9.17, 15) is 0 Å². The maximum Gasteiger partial charge on any atom is 0.268 e. The molecule has 2 aromatic carbocycles. The first-order chi connectivity index (χ1) is 28.5. The molecule has 0 saturated carbocycles. The smallest absolute Gasteiger partial charge is 0.268 e. The zero-order valence-electron chi connectivity index (χ0n) is 32.1. The van der Waals surface area contributed by atoms with Gasteiger partial charge in [-0.05, 0) is 26.0 Å². The van der Waals surface area contributed by atoms with Crippen LogP contribution in [0.1, 0.15) is 44.5 Å². The van der Waals surface area contributed by atoms with Crippen LogP contribution >= 0.6 is 73.4 Å². The van der Waals surface area contributed by atoms with E-state index in [1.807, 2.05) is 92.8 Å². The van der Waals surface area contributed by atoms with Gasteiger partial charge in [-0.25, -0.2) is 48.6 Å². The molecule has 6 heterocycles. The van der Waals surface area contributed by atoms with Crippen molar-refractivity contribution in [2.75, 3.05) is 22.1 Å². The molecule has 0 aliphatic heterocycles. The summed E-state index contributed by atoms with van der Waals surface area (Å²) in [6, 6.07) is 23.2. The quantitative estimate of drug-likeness (QED) is 0.0832. The van der Waals surface area contributed by atoms with Gasteiger partial charge >= 0.3 is 0 Å². The Labute approximate surface area is 391 Å². The number of benzene rings is 2. The summed E-state index contributed by atoms with van der Waals surface area (Å²) < 4.78 is 2.58. The number of nitrogen functional groups attached to an aromatic ring is 2. The second kappa shape index (κ2) is 23.2. The topological polar surface area (TPSA) is 197 Å². The number of halogens is 4. The summed E-state index contributed by atoms with van der Waals surface area (Å²) in [6.45, 7) is 18.6. The first kappa shape index (κ1) is 50.2. The molecular formula is C40H40Cl4N16S2. The number of anilines is 4. The lowest BCUT2D eigenvalue weighted by Crippen LogP contribution is -2.12. The van der Waals surface area contributed by atoms with E-state index in [2.05, 4.69) is 50.2 Å². The lowest BCUT2D eigenvalue weighted by molar-refractivity contribution is 0.841. The summed E-state index contributed by atoms with van der Waals surface area (Å²) in [4.78, 5) is 31.6. The molecule has 0 unspecified atom stereocenters. The highest BCUT2D eigenvalue weighted by atomic mass is 35.6. The molecule has 0 spiro atoms. The molecule has 0 fully saturated rings. The predicted molar refractivity (Wildman–Crippen MR) is 260 cm³/mol. The van der Waals surface area contributed by atoms with Crippen LogP contribution in [-0.4, -0.2) is 53.4 Å². The Bertz CT molecular complexity index is 2790. The number of fused-ring (bicyclic) bond motifs is 2. The van der Waals surface area contributed by atoms with Crippen LogP contribution < -0.4 is 22.1 Å². The third-order valence-electron chi connectivity index (χ3n) is 8.55. The minimum Gasteiger partial charge on any atom is -0.392 e. The van der Waals surface area contributed by atoms with Gasteiger partial charge in [0.1, 0.15) is 35.9 Å². The zero-order valence-corrected chi connectivity index (χ0v) is 37.1. The molecule has 0 bridgehead atoms. The van der Waals surface area contributed by atoms with Gasteiger partial charge in [-0.15, -0.1) is 0 Å². The molecule has 62 heavy (non-hydrogen) atoms. The summed E-state index contributed by atoms with van der Waals surface area (Å²) in [7, 11) is 0. The number of nitrogens with zero attached hydrogens (tertiary/aromatic N) is 12. The van der Waals surface area contributed by atoms with Gasteiger partial charge in [-0.2, -0.15) is 37.2 Å². The Kier molecular flexibility index (Phi) is 18.8. The van der Waals surface area contributed by atoms with E-state index in [-0.39, 0.29) is 69.5 Å². The van der Waals surface area contributed by atoms with Gasteiger partial charge in [0, 0.05) is 34.6 Å². The van der Waals surface area contributed by atoms with Crippen LogP contribution in [0.15, 0.2) is 104 Å². The molecule has 0 aliphatic carbocycles. The van der Waals surface area contributed by atoms with Crippen molar-refractivity contribution >= 4 is 119 Å². The van der Waals surface area contributed by atoms with E-state index in [0.29, 0.717) is 22.4 Å². The second-order valence-corrected chi connectivity index (χ2v) is 14.7. The number of hydrogen-bond acceptors (Lipinski definition) is 12. The van der Waals surface area contributed by atoms with Crippen molar-refractivity contribution in [3.05, 3.63) is 143 Å². The van der Waals surface area contributed by atoms with Crippen LogP contribution in [0.4, 0.5) is 34.6 Å². The highest BCUT2D eigenvalue weighted by Gasteiger charge is 2.21. The van der Waals surface area contributed by atoms with Crippen LogP contribution in [0.2, 0.25) is 5.15 Å². The van der Waals surface area contributed by atoms with E-state index in [1.54, 1.807) is 21.4 Å². The van der Waals surface area contributed by atoms with Crippen LogP contribution in [0.25, 0.3) is 43.5 Å². The summed E-state index contributed by atoms with van der Waals surface area (Å²) >= 11 is 20.6. The number of nitrogens with two attached hydrogens (primary N) is 2. The van der Waals surface area contributed by atoms with E-state index in [0.717, 1.165) is 39.3 Å². The number of alkyl halides is 3. The minimum atomic E-state index is -0.750. The van der Waals surface area contributed by atoms with Crippen molar-refractivity contribution in [3.8, 4) is 22.5 Å². The zero-order chi connectivity index (χ0) is 42.1. The standard InChI is InChI=1S/C19H15ClN8.C19H16N8.CHCl3.CH4.2H2S/c1-11(26-19-17(22-2)18(21)24-10-25-19)13-8-15-23-9-14(20)28(15)27-16(13)12-6-4-3-5-7-12;1-12(25-19-17(21-2)18(20)23-11-24-19)14-10-15-22-8-9-27(15)26-16(14)13-6-4-3-5-7-13;2-1(3)4;;;/h3-11H,1H3,(H3,21,24,25,26);3-12H,1H3,(H3,20,23,24,25);1H;1H4;2*1H2/t11-;12-;;;;/m00..../s1. The average Bonchev–Trinajstić information content (AvgIpc) is 3.86. The molecule has 8 rings (SSSR count). The fourth-order valence-corrected chi connectivity index (χ4v) is 6.03. The summed E-state index contributed by atoms with van der Waals surface area (Å²) in [5.74, 6) is 1.05. The second-order valence-electron chi connectivity index (χ2n) is 12.3. The van der Waals surface area contributed by atoms with Gasteiger partial charge in [0.25, 0.3) is 11.4 Å². The monoisotopic (exact) mass is 948 g/mol. The van der Waals surface area contributed by atoms with Crippen LogP contribution in [0, 0.1) is 13.1 Å². The van der Waals surface area contributed by atoms with Crippen molar-refractivity contribution in [1.29, 1.82) is 0 Å². The first-order valence-corrected chi connectivity index (χ1v) is 19.1. The molecule has 0 aliphatic rings. The molecule has 8 aromatic rings. The van der Waals surface area contributed by atoms with Crippen molar-refractivity contribution in [1.82, 2.24) is 49.1 Å². The van der Waals surface area contributed by atoms with Gasteiger partial charge in [-0.1, -0.05) is 114 Å². The Balaban J connectivity index is 0.000000291. The fraction of sp³-hybridized carbons (Fsp3) is 0.150. The third kappa shape index (κ3) is 11.8. The SMILES string of the molecule is C.ClC(Cl)Cl.S.S.[C-]#[N+]c1c(N)ncnc1N[C@@H](C)c1cc2ncc(Cl)n2nc1-c1ccccc1.[C-]#[N+]c1c(N)ncnc1N[C@@H](C)c1cc2nccn2nc1-c1ccccc1. The fourth-order valence-electron chi connectivity index (χ4n) is 5.85. The number of rotatable bonds is 8. The lowest BCUT2D eigenvalue weighted by Gasteiger charge is -2.19. The normalized spacial score (nSPS) is 11.1. The Morgan fingerprint density at radius 3 is 1.58 bits per heavy atom. The van der Waals surface area contributed by atoms with E-state index >= 15 is 0 Å². The largest absolute Gasteiger partial charge is 0.392 e. The minimum absolute atomic E-state index is 0. The number of aromatic nitrogens is 10. The lowest BCUT2D eigenvalue weighted by atomic mass is 10.0. The Morgan fingerprint density at radius 1 is 0.661 bits per heavy atom. The molecule has 16 nitrogen and oxygen atoms in total. The van der Waals surface area contributed by atoms with Crippen molar-refractivity contribution in [2.45, 2.75) is 37.7 Å². The predicted octanol–water partition coefficient (Wildman–Crippen LogP) is 10.5. The van der Waals surface area contributed by atoms with E-state index < -0.39 is 4.30 Å². The van der Waals surface area contributed by atoms with Crippen molar-refractivity contribution < 1.29 is 0 Å². The van der Waals surface area contributed by atoms with E-state index in [4.69, 9.17) is 81.2 Å². The Morgan fingerprint density at radius 2 is 1.11 bits per heavy atom. The van der Waals surface area contributed by atoms with Gasteiger partial charge in [-0.3, -0.25) is 0 Å². The Hall–Kier alpha value is -6.12. The van der Waals surface area contributed by atoms with Crippen LogP contribution in [-0.2, 0) is 0 Å². The van der Waals surface area contributed by atoms with Crippen molar-refractivity contribution in [3.63, 3.8) is 0 Å². The molecule has 22 heteroatoms. The van der Waals surface area contributed by atoms with Crippen LogP contribution in [0.5, 0.6) is 0 Å². The molecule has 320 valence electrons. The summed E-state index contributed by atoms with van der Waals surface area (Å²) in [5, 5.41) is 16.4. The highest BCUT2D eigenvalue weighted by molar-refractivity contribution is 7.59. The van der Waals surface area contributed by atoms with Gasteiger partial charge in [0.05, 0.1) is 42.8 Å². The van der Waals surface area contributed by atoms with Gasteiger partial charge < -0.3 is 22.1 Å². The molecular weight excluding hydrogens is 910 g/mol. The maximum absolute atomic E-state index is 7.35. The van der Waals surface area contributed by atoms with Crippen LogP contribution in [0.3, 0.4) is 0 Å². The summed E-state index contributed by atoms with van der Waals surface area (Å²) in [5.41, 5.74) is 18.7. The average molecular weight is 951 g/mol. The number of nitrogens with one attached hydrogen (secondary N) is 2. The van der Waals surface area contributed by atoms with Gasteiger partial charge in [0.15, 0.2) is 20.7 Å². The molecule has 6 aromatic heterocycles. The number of imidazole rings is 2. The molecule has 6 N–H and O–H groups in total. The summed E-state index contributed by atoms with van der Waals surface area (Å²) in [6.07, 6.45) is 7.75. The highest BCUT2D eigenvalue weighted by Crippen LogP contribution is 2.35. The van der Waals surface area contributed by atoms with Crippen molar-refractivity contribution in [2.24, 2.45) is 0 Å². The number of hydrogen-bond donors (Lipinski definition) is 4. The third-order valence-corrected chi connectivity index (χ3v) is 8.81. The molecule has 0 saturated heterocycles. The first-order valence-electron chi connectivity index (χ1n) is 17.4. The molecule has 2 atom stereocenters. The molecule has 0 radical (unpaired) electrons.